The van der Waals surface area contributed by atoms with Crippen molar-refractivity contribution in [1.29, 1.82) is 0 Å². The van der Waals surface area contributed by atoms with Crippen LogP contribution in [0.25, 0.3) is 11.3 Å². The number of thiazole rings is 1. The van der Waals surface area contributed by atoms with Crippen molar-refractivity contribution >= 4 is 38.3 Å². The minimum Gasteiger partial charge on any atom is -0.483 e. The minimum atomic E-state index is -0.222. The van der Waals surface area contributed by atoms with Crippen LogP contribution in [-0.2, 0) is 4.79 Å². The molecule has 0 aliphatic heterocycles. The fraction of sp³-hybridized carbons (Fsp3) is 0.200. The maximum Gasteiger partial charge on any atom is 0.264 e. The van der Waals surface area contributed by atoms with Crippen molar-refractivity contribution in [2.75, 3.05) is 11.9 Å². The standard InChI is InChI=1S/C20H19BrN2O2S/c1-12-7-8-13(2)19(14(12)3)25-10-18(24)23-20-22-17(11-26-20)15-5-4-6-16(21)9-15/h4-9,11H,10H2,1-3H3,(H,22,23,24). The number of ether oxygens (including phenoxy) is 1. The second-order valence-corrected chi connectivity index (χ2v) is 7.81. The average molecular weight is 431 g/mol. The molecule has 1 N–H and O–H groups in total. The highest BCUT2D eigenvalue weighted by Gasteiger charge is 2.11. The molecular formula is C20H19BrN2O2S. The van der Waals surface area contributed by atoms with Gasteiger partial charge in [-0.1, -0.05) is 40.2 Å². The summed E-state index contributed by atoms with van der Waals surface area (Å²) in [5.41, 5.74) is 5.05. The lowest BCUT2D eigenvalue weighted by atomic mass is 10.1. The molecule has 0 saturated heterocycles. The van der Waals surface area contributed by atoms with Crippen LogP contribution in [-0.4, -0.2) is 17.5 Å². The molecule has 3 aromatic rings. The highest BCUT2D eigenvalue weighted by atomic mass is 79.9. The molecule has 0 unspecified atom stereocenters. The van der Waals surface area contributed by atoms with Crippen molar-refractivity contribution in [3.05, 3.63) is 62.9 Å². The Bertz CT molecular complexity index is 953. The Labute approximate surface area is 165 Å². The first-order chi connectivity index (χ1) is 12.4. The molecule has 2 aromatic carbocycles. The summed E-state index contributed by atoms with van der Waals surface area (Å²) in [5, 5.41) is 5.29. The van der Waals surface area contributed by atoms with E-state index in [4.69, 9.17) is 4.74 Å². The van der Waals surface area contributed by atoms with E-state index in [2.05, 4.69) is 32.3 Å². The molecule has 1 aromatic heterocycles. The van der Waals surface area contributed by atoms with Crippen LogP contribution in [0.2, 0.25) is 0 Å². The number of anilines is 1. The summed E-state index contributed by atoms with van der Waals surface area (Å²) >= 11 is 4.85. The average Bonchev–Trinajstić information content (AvgIpc) is 3.07. The van der Waals surface area contributed by atoms with Gasteiger partial charge in [0.1, 0.15) is 5.75 Å². The maximum atomic E-state index is 12.2. The lowest BCUT2D eigenvalue weighted by molar-refractivity contribution is -0.118. The van der Waals surface area contributed by atoms with Crippen molar-refractivity contribution in [1.82, 2.24) is 4.98 Å². The first-order valence-electron chi connectivity index (χ1n) is 8.15. The summed E-state index contributed by atoms with van der Waals surface area (Å²) in [5.74, 6) is 0.551. The monoisotopic (exact) mass is 430 g/mol. The molecule has 0 aliphatic carbocycles. The first kappa shape index (κ1) is 18.6. The van der Waals surface area contributed by atoms with Gasteiger partial charge in [-0.3, -0.25) is 10.1 Å². The number of rotatable bonds is 5. The number of hydrogen-bond acceptors (Lipinski definition) is 4. The smallest absolute Gasteiger partial charge is 0.264 e. The molecule has 26 heavy (non-hydrogen) atoms. The SMILES string of the molecule is Cc1ccc(C)c(OCC(=O)Nc2nc(-c3cccc(Br)c3)cs2)c1C. The number of nitrogens with one attached hydrogen (secondary N) is 1. The molecule has 0 bridgehead atoms. The van der Waals surface area contributed by atoms with Crippen molar-refractivity contribution in [2.24, 2.45) is 0 Å². The van der Waals surface area contributed by atoms with Crippen molar-refractivity contribution in [2.45, 2.75) is 20.8 Å². The molecule has 0 spiro atoms. The largest absolute Gasteiger partial charge is 0.483 e. The van der Waals surface area contributed by atoms with E-state index in [1.54, 1.807) is 0 Å². The Hall–Kier alpha value is -2.18. The number of nitrogens with zero attached hydrogens (tertiary/aromatic N) is 1. The normalized spacial score (nSPS) is 10.6. The number of carbonyl (C=O) groups is 1. The van der Waals surface area contributed by atoms with Gasteiger partial charge in [-0.15, -0.1) is 11.3 Å². The molecule has 0 fully saturated rings. The fourth-order valence-electron chi connectivity index (χ4n) is 2.55. The van der Waals surface area contributed by atoms with Gasteiger partial charge in [0.05, 0.1) is 5.69 Å². The lowest BCUT2D eigenvalue weighted by Gasteiger charge is -2.13. The number of aromatic nitrogens is 1. The van der Waals surface area contributed by atoms with Crippen LogP contribution in [0.5, 0.6) is 5.75 Å². The number of hydrogen-bond donors (Lipinski definition) is 1. The molecule has 0 saturated carbocycles. The second-order valence-electron chi connectivity index (χ2n) is 6.04. The van der Waals surface area contributed by atoms with E-state index in [1.165, 1.54) is 11.3 Å². The van der Waals surface area contributed by atoms with E-state index in [0.29, 0.717) is 5.13 Å². The quantitative estimate of drug-likeness (QED) is 0.579. The van der Waals surface area contributed by atoms with Gasteiger partial charge in [-0.2, -0.15) is 0 Å². The Balaban J connectivity index is 1.64. The molecule has 3 rings (SSSR count). The van der Waals surface area contributed by atoms with Crippen LogP contribution in [0.4, 0.5) is 5.13 Å². The number of halogens is 1. The van der Waals surface area contributed by atoms with Crippen molar-refractivity contribution < 1.29 is 9.53 Å². The van der Waals surface area contributed by atoms with Crippen LogP contribution in [0.3, 0.4) is 0 Å². The zero-order valence-electron chi connectivity index (χ0n) is 14.8. The molecule has 134 valence electrons. The minimum absolute atomic E-state index is 0.0447. The molecule has 0 radical (unpaired) electrons. The molecule has 6 heteroatoms. The van der Waals surface area contributed by atoms with Crippen LogP contribution in [0.15, 0.2) is 46.3 Å². The van der Waals surface area contributed by atoms with E-state index in [-0.39, 0.29) is 12.5 Å². The van der Waals surface area contributed by atoms with E-state index in [9.17, 15) is 4.79 Å². The van der Waals surface area contributed by atoms with Crippen LogP contribution >= 0.6 is 27.3 Å². The Morgan fingerprint density at radius 2 is 1.96 bits per heavy atom. The second kappa shape index (κ2) is 8.01. The summed E-state index contributed by atoms with van der Waals surface area (Å²) in [6.07, 6.45) is 0. The van der Waals surface area contributed by atoms with Gasteiger partial charge in [0.15, 0.2) is 11.7 Å². The van der Waals surface area contributed by atoms with Gasteiger partial charge >= 0.3 is 0 Å². The number of benzene rings is 2. The molecule has 4 nitrogen and oxygen atoms in total. The van der Waals surface area contributed by atoms with Crippen LogP contribution < -0.4 is 10.1 Å². The third kappa shape index (κ3) is 4.31. The highest BCUT2D eigenvalue weighted by molar-refractivity contribution is 9.10. The van der Waals surface area contributed by atoms with E-state index < -0.39 is 0 Å². The zero-order valence-corrected chi connectivity index (χ0v) is 17.2. The third-order valence-electron chi connectivity index (χ3n) is 4.09. The molecule has 1 amide bonds. The van der Waals surface area contributed by atoms with Gasteiger partial charge in [-0.05, 0) is 49.6 Å². The van der Waals surface area contributed by atoms with Crippen LogP contribution in [0, 0.1) is 20.8 Å². The van der Waals surface area contributed by atoms with Crippen molar-refractivity contribution in [3.63, 3.8) is 0 Å². The molecule has 0 aliphatic rings. The van der Waals surface area contributed by atoms with Gasteiger partial charge in [0.2, 0.25) is 0 Å². The number of carbonyl (C=O) groups excluding carboxylic acids is 1. The van der Waals surface area contributed by atoms with Gasteiger partial charge in [-0.25, -0.2) is 4.98 Å². The van der Waals surface area contributed by atoms with Crippen LogP contribution in [0.1, 0.15) is 16.7 Å². The van der Waals surface area contributed by atoms with E-state index >= 15 is 0 Å². The third-order valence-corrected chi connectivity index (χ3v) is 5.34. The summed E-state index contributed by atoms with van der Waals surface area (Å²) in [7, 11) is 0. The maximum absolute atomic E-state index is 12.2. The summed E-state index contributed by atoms with van der Waals surface area (Å²) in [6.45, 7) is 5.96. The summed E-state index contributed by atoms with van der Waals surface area (Å²) in [4.78, 5) is 16.7. The number of aryl methyl sites for hydroxylation is 2. The lowest BCUT2D eigenvalue weighted by Crippen LogP contribution is -2.20. The Morgan fingerprint density at radius 3 is 2.73 bits per heavy atom. The van der Waals surface area contributed by atoms with Gasteiger partial charge in [0, 0.05) is 15.4 Å². The first-order valence-corrected chi connectivity index (χ1v) is 9.82. The molecule has 1 heterocycles. The topological polar surface area (TPSA) is 51.2 Å². The van der Waals surface area contributed by atoms with E-state index in [0.717, 1.165) is 38.2 Å². The van der Waals surface area contributed by atoms with Crippen molar-refractivity contribution in [3.8, 4) is 17.0 Å². The highest BCUT2D eigenvalue weighted by Crippen LogP contribution is 2.28. The molecule has 0 atom stereocenters. The fourth-order valence-corrected chi connectivity index (χ4v) is 3.69. The number of amides is 1. The van der Waals surface area contributed by atoms with Gasteiger partial charge in [0.25, 0.3) is 5.91 Å². The van der Waals surface area contributed by atoms with E-state index in [1.807, 2.05) is 56.5 Å². The predicted molar refractivity (Wildman–Crippen MR) is 110 cm³/mol. The molecular weight excluding hydrogens is 412 g/mol. The summed E-state index contributed by atoms with van der Waals surface area (Å²) < 4.78 is 6.74. The Morgan fingerprint density at radius 1 is 1.19 bits per heavy atom. The van der Waals surface area contributed by atoms with Gasteiger partial charge < -0.3 is 4.74 Å². The predicted octanol–water partition coefficient (Wildman–Crippen LogP) is 5.52. The zero-order chi connectivity index (χ0) is 18.7. The Kier molecular flexibility index (Phi) is 5.74. The summed E-state index contributed by atoms with van der Waals surface area (Å²) in [6, 6.07) is 11.9.